The van der Waals surface area contributed by atoms with Crippen molar-refractivity contribution < 1.29 is 0 Å². The summed E-state index contributed by atoms with van der Waals surface area (Å²) in [5, 5.41) is 4.23. The molecule has 0 amide bonds. The van der Waals surface area contributed by atoms with Crippen molar-refractivity contribution in [3.8, 4) is 0 Å². The summed E-state index contributed by atoms with van der Waals surface area (Å²) in [6, 6.07) is 7.90. The number of rotatable bonds is 4. The maximum Gasteiger partial charge on any atom is 0.173 e. The highest BCUT2D eigenvalue weighted by molar-refractivity contribution is 8.46. The predicted octanol–water partition coefficient (Wildman–Crippen LogP) is 3.34. The fraction of sp³-hybridized carbons (Fsp3) is 0.231. The van der Waals surface area contributed by atoms with Crippen molar-refractivity contribution in [1.29, 1.82) is 0 Å². The zero-order valence-electron chi connectivity index (χ0n) is 10.6. The van der Waals surface area contributed by atoms with Crippen LogP contribution in [0.15, 0.2) is 40.9 Å². The van der Waals surface area contributed by atoms with E-state index in [9.17, 15) is 0 Å². The molecule has 3 nitrogen and oxygen atoms in total. The van der Waals surface area contributed by atoms with Gasteiger partial charge in [-0.1, -0.05) is 23.7 Å². The van der Waals surface area contributed by atoms with Gasteiger partial charge in [0.2, 0.25) is 0 Å². The van der Waals surface area contributed by atoms with Gasteiger partial charge in [-0.15, -0.1) is 10.2 Å². The molecule has 1 heterocycles. The molecule has 1 atom stereocenters. The largest absolute Gasteiger partial charge is 0.376 e. The molecular weight excluding hydrogens is 298 g/mol. The molecule has 3 N–H and O–H groups in total. The molecule has 0 bridgehead atoms. The van der Waals surface area contributed by atoms with Crippen LogP contribution in [0.5, 0.6) is 0 Å². The first-order valence-electron chi connectivity index (χ1n) is 5.85. The first-order chi connectivity index (χ1) is 9.02. The molecule has 1 unspecified atom stereocenters. The van der Waals surface area contributed by atoms with Crippen molar-refractivity contribution in [2.75, 3.05) is 5.75 Å². The smallest absolute Gasteiger partial charge is 0.173 e. The van der Waals surface area contributed by atoms with Crippen LogP contribution in [0, 0.1) is 0 Å². The summed E-state index contributed by atoms with van der Waals surface area (Å²) in [5.74, 6) is 0.913. The van der Waals surface area contributed by atoms with E-state index in [4.69, 9.17) is 29.6 Å². The Labute approximate surface area is 125 Å². The molecular formula is C13H16ClN3S2. The molecule has 1 aromatic carbocycles. The average Bonchev–Trinajstić information content (AvgIpc) is 2.68. The van der Waals surface area contributed by atoms with E-state index in [-0.39, 0.29) is 0 Å². The minimum absolute atomic E-state index is 0.321. The van der Waals surface area contributed by atoms with Gasteiger partial charge in [0.15, 0.2) is 5.11 Å². The topological polar surface area (TPSA) is 50.4 Å². The summed E-state index contributed by atoms with van der Waals surface area (Å²) in [5.41, 5.74) is 6.85. The first-order valence-corrected chi connectivity index (χ1v) is 8.51. The van der Waals surface area contributed by atoms with Gasteiger partial charge in [-0.3, -0.25) is 4.99 Å². The van der Waals surface area contributed by atoms with Gasteiger partial charge in [-0.2, -0.15) is 0 Å². The average molecular weight is 314 g/mol. The van der Waals surface area contributed by atoms with E-state index in [1.54, 1.807) is 0 Å². The van der Waals surface area contributed by atoms with E-state index in [1.165, 1.54) is 5.56 Å². The van der Waals surface area contributed by atoms with Crippen molar-refractivity contribution >= 4 is 44.2 Å². The molecule has 0 saturated heterocycles. The lowest BCUT2D eigenvalue weighted by Crippen LogP contribution is -2.35. The number of nitrogens with one attached hydrogen (secondary N) is 1. The van der Waals surface area contributed by atoms with Crippen molar-refractivity contribution in [2.45, 2.75) is 13.3 Å². The number of halogens is 1. The molecule has 1 aliphatic heterocycles. The Morgan fingerprint density at radius 3 is 2.89 bits per heavy atom. The summed E-state index contributed by atoms with van der Waals surface area (Å²) in [6.07, 6.45) is 2.73. The highest BCUT2D eigenvalue weighted by Crippen LogP contribution is 2.50. The van der Waals surface area contributed by atoms with Crippen LogP contribution in [0.4, 0.5) is 0 Å². The third-order valence-corrected chi connectivity index (χ3v) is 6.61. The van der Waals surface area contributed by atoms with Crippen LogP contribution in [-0.4, -0.2) is 15.9 Å². The monoisotopic (exact) mass is 313 g/mol. The van der Waals surface area contributed by atoms with Crippen LogP contribution in [0.1, 0.15) is 12.5 Å². The van der Waals surface area contributed by atoms with Gasteiger partial charge in [0.05, 0.1) is 5.04 Å². The quantitative estimate of drug-likeness (QED) is 0.838. The van der Waals surface area contributed by atoms with Crippen LogP contribution < -0.4 is 10.5 Å². The second-order valence-corrected chi connectivity index (χ2v) is 8.21. The number of aliphatic imine (C=N–C) groups is 1. The van der Waals surface area contributed by atoms with Crippen LogP contribution in [0.3, 0.4) is 0 Å². The number of thiocarbonyl (C=S) groups is 1. The van der Waals surface area contributed by atoms with E-state index in [2.05, 4.69) is 21.2 Å². The van der Waals surface area contributed by atoms with Gasteiger partial charge in [0.1, 0.15) is 0 Å². The normalized spacial score (nSPS) is 24.6. The van der Waals surface area contributed by atoms with E-state index in [0.29, 0.717) is 5.11 Å². The van der Waals surface area contributed by atoms with Crippen molar-refractivity contribution in [1.82, 2.24) is 4.72 Å². The van der Waals surface area contributed by atoms with Crippen molar-refractivity contribution in [3.63, 3.8) is 0 Å². The maximum atomic E-state index is 6.00. The Bertz CT molecular complexity index is 557. The Balaban J connectivity index is 2.12. The molecule has 6 heteroatoms. The van der Waals surface area contributed by atoms with Crippen LogP contribution in [0.25, 0.3) is 0 Å². The van der Waals surface area contributed by atoms with Crippen molar-refractivity contribution in [2.24, 2.45) is 10.7 Å². The van der Waals surface area contributed by atoms with Gasteiger partial charge in [0, 0.05) is 17.0 Å². The molecule has 102 valence electrons. The molecule has 19 heavy (non-hydrogen) atoms. The van der Waals surface area contributed by atoms with Crippen LogP contribution in [0.2, 0.25) is 5.02 Å². The summed E-state index contributed by atoms with van der Waals surface area (Å²) >= 11 is 11.0. The number of hydrogen-bond donors (Lipinski definition) is 2. The highest BCUT2D eigenvalue weighted by atomic mass is 35.5. The third kappa shape index (κ3) is 3.49. The maximum absolute atomic E-state index is 6.00. The summed E-state index contributed by atoms with van der Waals surface area (Å²) in [4.78, 5) is 4.34. The lowest BCUT2D eigenvalue weighted by atomic mass is 10.2. The number of nitrogens with zero attached hydrogens (tertiary/aromatic N) is 1. The Morgan fingerprint density at radius 1 is 1.53 bits per heavy atom. The lowest BCUT2D eigenvalue weighted by Gasteiger charge is -2.35. The summed E-state index contributed by atoms with van der Waals surface area (Å²) < 4.78 is 3.23. The zero-order chi connectivity index (χ0) is 13.9. The fourth-order valence-corrected chi connectivity index (χ4v) is 5.00. The minimum Gasteiger partial charge on any atom is -0.376 e. The van der Waals surface area contributed by atoms with Crippen molar-refractivity contribution in [3.05, 3.63) is 46.5 Å². The van der Waals surface area contributed by atoms with Gasteiger partial charge in [-0.05, 0) is 48.7 Å². The molecule has 0 aromatic heterocycles. The number of hydrogen-bond acceptors (Lipinski definition) is 2. The summed E-state index contributed by atoms with van der Waals surface area (Å²) in [7, 11) is -1.34. The third-order valence-electron chi connectivity index (χ3n) is 2.96. The molecule has 2 rings (SSSR count). The number of nitrogens with two attached hydrogens (primary N) is 1. The molecule has 0 radical (unpaired) electrons. The van der Waals surface area contributed by atoms with Gasteiger partial charge in [-0.25, -0.2) is 0 Å². The Morgan fingerprint density at radius 2 is 2.32 bits per heavy atom. The SMILES string of the molecule is CC1=NC=CS1(CCc1cccc(Cl)c1)NC(N)=S. The Hall–Kier alpha value is -1.04. The summed E-state index contributed by atoms with van der Waals surface area (Å²) in [6.45, 7) is 2.01. The minimum atomic E-state index is -1.34. The molecule has 1 aliphatic rings. The molecule has 0 fully saturated rings. The molecule has 0 aliphatic carbocycles. The Kier molecular flexibility index (Phi) is 4.50. The zero-order valence-corrected chi connectivity index (χ0v) is 13.0. The van der Waals surface area contributed by atoms with Gasteiger partial charge < -0.3 is 10.5 Å². The second-order valence-electron chi connectivity index (χ2n) is 4.28. The van der Waals surface area contributed by atoms with Gasteiger partial charge >= 0.3 is 0 Å². The van der Waals surface area contributed by atoms with E-state index in [0.717, 1.165) is 22.2 Å². The van der Waals surface area contributed by atoms with Gasteiger partial charge in [0.25, 0.3) is 0 Å². The van der Waals surface area contributed by atoms with E-state index < -0.39 is 10.2 Å². The standard InChI is InChI=1S/C13H16ClN3S2/c1-10-16-6-8-19(10,17-13(15)18)7-5-11-3-2-4-12(14)9-11/h2-4,6,8-9H,5,7H2,1H3,(H3,15,17,18). The number of aryl methyl sites for hydroxylation is 1. The van der Waals surface area contributed by atoms with E-state index in [1.807, 2.05) is 31.3 Å². The van der Waals surface area contributed by atoms with Crippen LogP contribution >= 0.6 is 34.0 Å². The number of benzene rings is 1. The molecule has 0 saturated carbocycles. The second kappa shape index (κ2) is 5.94. The first kappa shape index (κ1) is 14.4. The molecule has 0 spiro atoms. The lowest BCUT2D eigenvalue weighted by molar-refractivity contribution is 1.14. The highest BCUT2D eigenvalue weighted by Gasteiger charge is 2.27. The fourth-order valence-electron chi connectivity index (χ4n) is 1.96. The van der Waals surface area contributed by atoms with E-state index >= 15 is 0 Å². The molecule has 1 aromatic rings. The van der Waals surface area contributed by atoms with Crippen LogP contribution in [-0.2, 0) is 6.42 Å². The predicted molar refractivity (Wildman–Crippen MR) is 89.8 cm³/mol.